The maximum Gasteiger partial charge on any atom is 1.00 e. The van der Waals surface area contributed by atoms with Gasteiger partial charge >= 0.3 is 110 Å². The predicted molar refractivity (Wildman–Crippen MR) is 60.2 cm³/mol. The first-order valence-electron chi connectivity index (χ1n) is 5.42. The molecule has 7 nitrogen and oxygen atoms in total. The molecule has 0 amide bonds. The van der Waals surface area contributed by atoms with Gasteiger partial charge in [-0.2, -0.15) is 0 Å². The molecule has 0 radical (unpaired) electrons. The maximum absolute atomic E-state index is 10.8. The zero-order valence-corrected chi connectivity index (χ0v) is 19.9. The Balaban J connectivity index is -0.00000128. The van der Waals surface area contributed by atoms with Crippen LogP contribution >= 0.6 is 15.2 Å². The van der Waals surface area contributed by atoms with E-state index < -0.39 is 27.8 Å². The Labute approximate surface area is 199 Å². The first kappa shape index (κ1) is 27.4. The molecule has 0 aromatic heterocycles. The van der Waals surface area contributed by atoms with E-state index in [2.05, 4.69) is 0 Å². The third kappa shape index (κ3) is 21.5. The van der Waals surface area contributed by atoms with Crippen LogP contribution in [0.2, 0.25) is 0 Å². The van der Waals surface area contributed by atoms with Crippen molar-refractivity contribution in [1.82, 2.24) is 4.90 Å². The predicted octanol–water partition coefficient (Wildman–Crippen LogP) is -6.12. The Hall–Kier alpha value is 3.53. The van der Waals surface area contributed by atoms with Crippen LogP contribution in [0, 0.1) is 0 Å². The largest absolute Gasteiger partial charge is 1.00 e. The first-order valence-corrected chi connectivity index (χ1v) is 8.94. The van der Waals surface area contributed by atoms with Gasteiger partial charge in [-0.15, -0.1) is 0 Å². The monoisotopic (exact) mass is 365 g/mol. The van der Waals surface area contributed by atoms with E-state index in [9.17, 15) is 18.9 Å². The van der Waals surface area contributed by atoms with E-state index in [1.807, 2.05) is 6.92 Å². The fourth-order valence-corrected chi connectivity index (χ4v) is 3.11. The van der Waals surface area contributed by atoms with Crippen molar-refractivity contribution in [1.29, 1.82) is 0 Å². The third-order valence-electron chi connectivity index (χ3n) is 2.09. The van der Waals surface area contributed by atoms with Crippen LogP contribution in [0.3, 0.4) is 0 Å². The van der Waals surface area contributed by atoms with Gasteiger partial charge in [0.25, 0.3) is 0 Å². The number of unbranched alkanes of at least 4 members (excludes halogenated alkanes) is 3. The molecule has 0 aliphatic heterocycles. The third-order valence-corrected chi connectivity index (χ3v) is 3.60. The zero-order chi connectivity index (χ0) is 13.5. The Morgan fingerprint density at radius 1 is 1.00 bits per heavy atom. The molecule has 11 heteroatoms. The molecule has 0 aliphatic carbocycles. The van der Waals surface area contributed by atoms with Gasteiger partial charge in [-0.05, 0) is 13.0 Å². The normalized spacial score (nSPS) is 11.9. The Morgan fingerprint density at radius 3 is 1.89 bits per heavy atom. The molecular weight excluding hydrogens is 346 g/mol. The summed E-state index contributed by atoms with van der Waals surface area (Å²) in [6.07, 6.45) is 1.91. The maximum atomic E-state index is 10.8. The van der Waals surface area contributed by atoms with Crippen molar-refractivity contribution in [3.63, 3.8) is 0 Å². The molecule has 0 aliphatic rings. The molecule has 0 heterocycles. The van der Waals surface area contributed by atoms with E-state index in [-0.39, 0.29) is 109 Å². The summed E-state index contributed by atoms with van der Waals surface area (Å²) in [5.74, 6) is 0. The smallest absolute Gasteiger partial charge is 0.810 e. The van der Waals surface area contributed by atoms with Crippen molar-refractivity contribution in [2.45, 2.75) is 32.6 Å². The summed E-state index contributed by atoms with van der Waals surface area (Å²) in [6.45, 7) is 2.22. The van der Waals surface area contributed by atoms with Gasteiger partial charge in [-0.25, -0.2) is 0 Å². The van der Waals surface area contributed by atoms with Crippen LogP contribution in [0.5, 0.6) is 0 Å². The molecule has 0 spiro atoms. The molecule has 0 saturated heterocycles. The van der Waals surface area contributed by atoms with Crippen molar-refractivity contribution in [3.8, 4) is 0 Å². The second kappa shape index (κ2) is 13.9. The zero-order valence-electron chi connectivity index (χ0n) is 11.8. The van der Waals surface area contributed by atoms with Gasteiger partial charge in [-0.3, -0.25) is 9.46 Å². The van der Waals surface area contributed by atoms with Crippen LogP contribution in [0.15, 0.2) is 0 Å². The van der Waals surface area contributed by atoms with Gasteiger partial charge in [0.2, 0.25) is 0 Å². The van der Waals surface area contributed by atoms with Crippen LogP contribution < -0.4 is 113 Å². The minimum absolute atomic E-state index is 0. The Morgan fingerprint density at radius 2 is 1.53 bits per heavy atom. The fourth-order valence-electron chi connectivity index (χ4n) is 1.45. The van der Waals surface area contributed by atoms with E-state index in [1.165, 1.54) is 0 Å². The summed E-state index contributed by atoms with van der Waals surface area (Å²) < 4.78 is 21.4. The standard InChI is InChI=1S/C8H21NO6P2.2K/c1-2-3-4-5-6-9(7-16(10,11)12)8-17(13,14)15;;/h2-8H2,1H3,(H2,10,11,12)(H2,13,14,15);;/q;2*+1/p-2. The quantitative estimate of drug-likeness (QED) is 0.237. The first-order chi connectivity index (χ1) is 7.64. The molecule has 0 rings (SSSR count). The molecule has 0 unspecified atom stereocenters. The van der Waals surface area contributed by atoms with E-state index >= 15 is 0 Å². The Kier molecular flexibility index (Phi) is 20.1. The second-order valence-electron chi connectivity index (χ2n) is 4.01. The summed E-state index contributed by atoms with van der Waals surface area (Å²) in [7, 11) is -9.12. The molecule has 2 N–H and O–H groups in total. The fraction of sp³-hybridized carbons (Fsp3) is 1.00. The summed E-state index contributed by atoms with van der Waals surface area (Å²) in [5, 5.41) is 0. The van der Waals surface area contributed by atoms with Gasteiger partial charge < -0.3 is 24.1 Å². The van der Waals surface area contributed by atoms with Gasteiger partial charge in [0.05, 0.1) is 0 Å². The summed E-state index contributed by atoms with van der Waals surface area (Å²) >= 11 is 0. The average Bonchev–Trinajstić information content (AvgIpc) is 2.06. The van der Waals surface area contributed by atoms with Gasteiger partial charge in [0.15, 0.2) is 0 Å². The van der Waals surface area contributed by atoms with Crippen LogP contribution in [0.25, 0.3) is 0 Å². The van der Waals surface area contributed by atoms with Gasteiger partial charge in [0, 0.05) is 6.29 Å². The van der Waals surface area contributed by atoms with E-state index in [0.29, 0.717) is 6.42 Å². The van der Waals surface area contributed by atoms with Crippen molar-refractivity contribution in [2.75, 3.05) is 19.1 Å². The van der Waals surface area contributed by atoms with Gasteiger partial charge in [0.1, 0.15) is 6.29 Å². The summed E-state index contributed by atoms with van der Waals surface area (Å²) in [5.41, 5.74) is 0. The van der Waals surface area contributed by atoms with Crippen LogP contribution in [-0.4, -0.2) is 33.8 Å². The van der Waals surface area contributed by atoms with Crippen molar-refractivity contribution < 1.29 is 131 Å². The molecule has 0 saturated carbocycles. The molecule has 0 fully saturated rings. The van der Waals surface area contributed by atoms with E-state index in [1.54, 1.807) is 0 Å². The topological polar surface area (TPSA) is 124 Å². The van der Waals surface area contributed by atoms with Crippen molar-refractivity contribution >= 4 is 15.2 Å². The Bertz CT molecular complexity index is 284. The van der Waals surface area contributed by atoms with E-state index in [0.717, 1.165) is 24.2 Å². The minimum Gasteiger partial charge on any atom is -0.810 e. The molecule has 19 heavy (non-hydrogen) atoms. The molecular formula is C8H19K2NO6P2. The van der Waals surface area contributed by atoms with E-state index in [4.69, 9.17) is 9.79 Å². The SMILES string of the molecule is CCCCCCN(CP(=O)([O-])[O-])CP(=O)(O)O.[K+].[K+]. The minimum atomic E-state index is -4.78. The van der Waals surface area contributed by atoms with Crippen molar-refractivity contribution in [2.24, 2.45) is 0 Å². The molecule has 0 aromatic carbocycles. The molecule has 0 atom stereocenters. The van der Waals surface area contributed by atoms with Gasteiger partial charge in [-0.1, -0.05) is 33.8 Å². The second-order valence-corrected chi connectivity index (χ2v) is 7.13. The number of nitrogens with zero attached hydrogens (tertiary/aromatic N) is 1. The molecule has 0 bridgehead atoms. The van der Waals surface area contributed by atoms with Crippen molar-refractivity contribution in [3.05, 3.63) is 0 Å². The van der Waals surface area contributed by atoms with Crippen LogP contribution in [0.4, 0.5) is 0 Å². The summed E-state index contributed by atoms with van der Waals surface area (Å²) in [4.78, 5) is 39.7. The van der Waals surface area contributed by atoms with Crippen LogP contribution in [0.1, 0.15) is 32.6 Å². The molecule has 0 aromatic rings. The number of rotatable bonds is 9. The molecule has 104 valence electrons. The van der Waals surface area contributed by atoms with Crippen LogP contribution in [-0.2, 0) is 9.13 Å². The average molecular weight is 365 g/mol. The number of hydrogen-bond donors (Lipinski definition) is 2. The number of hydrogen-bond acceptors (Lipinski definition) is 5. The summed E-state index contributed by atoms with van der Waals surface area (Å²) in [6, 6.07) is 0.